The first-order valence-electron chi connectivity index (χ1n) is 11.3. The monoisotopic (exact) mass is 494 g/mol. The van der Waals surface area contributed by atoms with Crippen molar-refractivity contribution >= 4 is 21.9 Å². The third kappa shape index (κ3) is 6.55. The highest BCUT2D eigenvalue weighted by Crippen LogP contribution is 2.27. The highest BCUT2D eigenvalue weighted by atomic mass is 32.2. The lowest BCUT2D eigenvalue weighted by molar-refractivity contribution is -0.147. The number of carbonyl (C=O) groups excluding carboxylic acids is 2. The molecule has 3 rings (SSSR count). The third-order valence-corrected chi connectivity index (χ3v) is 7.43. The van der Waals surface area contributed by atoms with E-state index in [4.69, 9.17) is 4.74 Å². The van der Waals surface area contributed by atoms with Crippen molar-refractivity contribution in [3.63, 3.8) is 0 Å². The first-order valence-corrected chi connectivity index (χ1v) is 12.8. The Balaban J connectivity index is 1.95. The minimum Gasteiger partial charge on any atom is -0.464 e. The zero-order valence-electron chi connectivity index (χ0n) is 20.0. The van der Waals surface area contributed by atoms with Gasteiger partial charge in [-0.05, 0) is 37.1 Å². The fourth-order valence-corrected chi connectivity index (χ4v) is 5.02. The number of esters is 1. The van der Waals surface area contributed by atoms with Gasteiger partial charge in [0.15, 0.2) is 0 Å². The number of nitrogens with zero attached hydrogens (tertiary/aromatic N) is 1. The Morgan fingerprint density at radius 3 is 2.06 bits per heavy atom. The second kappa shape index (κ2) is 11.8. The van der Waals surface area contributed by atoms with Crippen LogP contribution >= 0.6 is 0 Å². The van der Waals surface area contributed by atoms with Crippen LogP contribution in [0.15, 0.2) is 89.8 Å². The van der Waals surface area contributed by atoms with E-state index in [9.17, 15) is 18.0 Å². The lowest BCUT2D eigenvalue weighted by Crippen LogP contribution is -2.49. The van der Waals surface area contributed by atoms with Crippen LogP contribution in [0.2, 0.25) is 0 Å². The van der Waals surface area contributed by atoms with Crippen LogP contribution in [0.5, 0.6) is 0 Å². The summed E-state index contributed by atoms with van der Waals surface area (Å²) < 4.78 is 33.1. The van der Waals surface area contributed by atoms with E-state index in [0.717, 1.165) is 15.4 Å². The predicted octanol–water partition coefficient (Wildman–Crippen LogP) is 3.65. The molecule has 0 heterocycles. The topological polar surface area (TPSA) is 92.8 Å². The minimum absolute atomic E-state index is 0.0746. The van der Waals surface area contributed by atoms with Gasteiger partial charge in [0.1, 0.15) is 12.1 Å². The molecule has 1 unspecified atom stereocenters. The average molecular weight is 495 g/mol. The van der Waals surface area contributed by atoms with Gasteiger partial charge in [0.25, 0.3) is 0 Å². The number of amides is 1. The summed E-state index contributed by atoms with van der Waals surface area (Å²) in [6.07, 6.45) is 0.210. The molecule has 35 heavy (non-hydrogen) atoms. The van der Waals surface area contributed by atoms with E-state index in [1.807, 2.05) is 37.3 Å². The van der Waals surface area contributed by atoms with Gasteiger partial charge >= 0.3 is 5.97 Å². The van der Waals surface area contributed by atoms with Crippen molar-refractivity contribution in [3.05, 3.63) is 102 Å². The van der Waals surface area contributed by atoms with Crippen LogP contribution in [-0.4, -0.2) is 44.3 Å². The molecule has 0 fully saturated rings. The number of hydrogen-bond donors (Lipinski definition) is 1. The summed E-state index contributed by atoms with van der Waals surface area (Å²) in [6.45, 7) is 3.71. The number of nitrogens with one attached hydrogen (secondary N) is 1. The maximum Gasteiger partial charge on any atom is 0.328 e. The number of hydrogen-bond acceptors (Lipinski definition) is 5. The van der Waals surface area contributed by atoms with E-state index in [-0.39, 0.29) is 17.9 Å². The van der Waals surface area contributed by atoms with E-state index in [1.165, 1.54) is 19.2 Å². The smallest absolute Gasteiger partial charge is 0.328 e. The number of carbonyl (C=O) groups is 2. The Labute approximate surface area is 206 Å². The van der Waals surface area contributed by atoms with Crippen molar-refractivity contribution < 1.29 is 22.7 Å². The molecule has 1 amide bonds. The highest BCUT2D eigenvalue weighted by molar-refractivity contribution is 7.89. The lowest BCUT2D eigenvalue weighted by atomic mass is 10.0. The zero-order valence-corrected chi connectivity index (χ0v) is 20.9. The lowest BCUT2D eigenvalue weighted by Gasteiger charge is -2.29. The maximum absolute atomic E-state index is 13.6. The second-order valence-electron chi connectivity index (χ2n) is 8.15. The van der Waals surface area contributed by atoms with Crippen LogP contribution < -0.4 is 5.32 Å². The number of aryl methyl sites for hydroxylation is 1. The number of rotatable bonds is 10. The summed E-state index contributed by atoms with van der Waals surface area (Å²) >= 11 is 0. The molecular weight excluding hydrogens is 464 g/mol. The fourth-order valence-electron chi connectivity index (χ4n) is 3.71. The average Bonchev–Trinajstić information content (AvgIpc) is 2.85. The Hall–Kier alpha value is -3.49. The van der Waals surface area contributed by atoms with Crippen LogP contribution in [-0.2, 0) is 30.8 Å². The van der Waals surface area contributed by atoms with Gasteiger partial charge in [-0.15, -0.1) is 0 Å². The summed E-state index contributed by atoms with van der Waals surface area (Å²) in [6, 6.07) is 22.1. The van der Waals surface area contributed by atoms with Crippen molar-refractivity contribution in [1.82, 2.24) is 9.62 Å². The van der Waals surface area contributed by atoms with Crippen molar-refractivity contribution in [1.29, 1.82) is 0 Å². The molecular formula is C27H30N2O5S. The summed E-state index contributed by atoms with van der Waals surface area (Å²) in [5, 5.41) is 2.74. The largest absolute Gasteiger partial charge is 0.464 e. The normalized spacial score (nSPS) is 13.1. The molecule has 0 aromatic heterocycles. The van der Waals surface area contributed by atoms with Crippen molar-refractivity contribution in [2.75, 3.05) is 13.7 Å². The number of ether oxygens (including phenoxy) is 1. The molecule has 3 aromatic rings. The Bertz CT molecular complexity index is 1230. The Morgan fingerprint density at radius 2 is 1.49 bits per heavy atom. The molecule has 0 spiro atoms. The molecule has 3 aromatic carbocycles. The predicted molar refractivity (Wildman–Crippen MR) is 134 cm³/mol. The van der Waals surface area contributed by atoms with E-state index in [1.54, 1.807) is 49.4 Å². The van der Waals surface area contributed by atoms with Crippen LogP contribution in [0.1, 0.15) is 29.7 Å². The standard InChI is InChI=1S/C27H30N2O5S/c1-4-34-27(31)24(19-21-11-7-5-8-12-21)28-26(30)25(22-13-9-6-10-14-22)29(3)35(32,33)23-17-15-20(2)16-18-23/h5-18,24-25H,4,19H2,1-3H3,(H,28,30)/t24-,25?/m0/s1. The van der Waals surface area contributed by atoms with Crippen LogP contribution in [0.4, 0.5) is 0 Å². The Morgan fingerprint density at radius 1 is 0.914 bits per heavy atom. The van der Waals surface area contributed by atoms with Gasteiger partial charge in [0.05, 0.1) is 11.5 Å². The quantitative estimate of drug-likeness (QED) is 0.435. The zero-order chi connectivity index (χ0) is 25.4. The number of sulfonamides is 1. The van der Waals surface area contributed by atoms with Gasteiger partial charge in [0, 0.05) is 13.5 Å². The van der Waals surface area contributed by atoms with Gasteiger partial charge in [-0.2, -0.15) is 4.31 Å². The molecule has 184 valence electrons. The summed E-state index contributed by atoms with van der Waals surface area (Å²) in [7, 11) is -2.65. The van der Waals surface area contributed by atoms with Crippen LogP contribution in [0.25, 0.3) is 0 Å². The molecule has 0 saturated heterocycles. The van der Waals surface area contributed by atoms with Crippen LogP contribution in [0.3, 0.4) is 0 Å². The van der Waals surface area contributed by atoms with E-state index >= 15 is 0 Å². The molecule has 0 aliphatic heterocycles. The SMILES string of the molecule is CCOC(=O)[C@H](Cc1ccccc1)NC(=O)C(c1ccccc1)N(C)S(=O)(=O)c1ccc(C)cc1. The highest BCUT2D eigenvalue weighted by Gasteiger charge is 2.36. The molecule has 2 atom stereocenters. The number of benzene rings is 3. The molecule has 7 nitrogen and oxygen atoms in total. The second-order valence-corrected chi connectivity index (χ2v) is 10.1. The molecule has 0 saturated carbocycles. The van der Waals surface area contributed by atoms with Gasteiger partial charge < -0.3 is 10.1 Å². The minimum atomic E-state index is -4.02. The molecule has 0 bridgehead atoms. The van der Waals surface area contributed by atoms with Crippen molar-refractivity contribution in [2.24, 2.45) is 0 Å². The van der Waals surface area contributed by atoms with Crippen molar-refractivity contribution in [2.45, 2.75) is 37.2 Å². The third-order valence-electron chi connectivity index (χ3n) is 5.60. The summed E-state index contributed by atoms with van der Waals surface area (Å²) in [5.74, 6) is -1.20. The van der Waals surface area contributed by atoms with Gasteiger partial charge in [-0.3, -0.25) is 4.79 Å². The fraction of sp³-hybridized carbons (Fsp3) is 0.259. The maximum atomic E-state index is 13.6. The molecule has 0 aliphatic carbocycles. The molecule has 1 N–H and O–H groups in total. The van der Waals surface area contributed by atoms with Gasteiger partial charge in [-0.25, -0.2) is 13.2 Å². The summed E-state index contributed by atoms with van der Waals surface area (Å²) in [5.41, 5.74) is 2.23. The van der Waals surface area contributed by atoms with E-state index in [2.05, 4.69) is 5.32 Å². The first kappa shape index (κ1) is 26.1. The number of likely N-dealkylation sites (N-methyl/N-ethyl adjacent to an activating group) is 1. The molecule has 0 aliphatic rings. The first-order chi connectivity index (χ1) is 16.7. The van der Waals surface area contributed by atoms with E-state index < -0.39 is 34.0 Å². The van der Waals surface area contributed by atoms with Gasteiger partial charge in [-0.1, -0.05) is 78.4 Å². The van der Waals surface area contributed by atoms with Gasteiger partial charge in [0.2, 0.25) is 15.9 Å². The Kier molecular flexibility index (Phi) is 8.78. The van der Waals surface area contributed by atoms with Crippen LogP contribution in [0, 0.1) is 6.92 Å². The molecule has 0 radical (unpaired) electrons. The van der Waals surface area contributed by atoms with Crippen molar-refractivity contribution in [3.8, 4) is 0 Å². The summed E-state index contributed by atoms with van der Waals surface area (Å²) in [4.78, 5) is 26.4. The van der Waals surface area contributed by atoms with E-state index in [0.29, 0.717) is 5.56 Å². The molecule has 8 heteroatoms.